The molecule has 1 unspecified atom stereocenters. The predicted molar refractivity (Wildman–Crippen MR) is 86.7 cm³/mol. The summed E-state index contributed by atoms with van der Waals surface area (Å²) >= 11 is 0. The molecule has 0 radical (unpaired) electrons. The number of nitrogen functional groups attached to an aromatic ring is 1. The molecule has 6 heteroatoms. The monoisotopic (exact) mass is 332 g/mol. The highest BCUT2D eigenvalue weighted by atomic mass is 19.2. The zero-order valence-corrected chi connectivity index (χ0v) is 13.4. The first kappa shape index (κ1) is 16.2. The molecule has 126 valence electrons. The number of halogens is 2. The fraction of sp³-hybridized carbons (Fsp3) is 0.278. The molecule has 0 aliphatic carbocycles. The molecule has 0 spiro atoms. The maximum Gasteiger partial charge on any atom is 0.254 e. The number of hydrogen-bond acceptors (Lipinski definition) is 3. The molecule has 3 rings (SSSR count). The minimum Gasteiger partial charge on any atom is -0.487 e. The molecule has 24 heavy (non-hydrogen) atoms. The Kier molecular flexibility index (Phi) is 3.91. The van der Waals surface area contributed by atoms with Gasteiger partial charge in [-0.1, -0.05) is 6.07 Å². The van der Waals surface area contributed by atoms with Crippen molar-refractivity contribution < 1.29 is 18.3 Å². The number of ether oxygens (including phenoxy) is 1. The summed E-state index contributed by atoms with van der Waals surface area (Å²) < 4.78 is 33.1. The third-order valence-electron chi connectivity index (χ3n) is 3.99. The SMILES string of the molecule is CC1(C)CC(NC(=O)c2cccc(F)c2F)c2cc(N)ccc2O1. The van der Waals surface area contributed by atoms with Crippen molar-refractivity contribution in [2.24, 2.45) is 0 Å². The summed E-state index contributed by atoms with van der Waals surface area (Å²) in [6.45, 7) is 3.79. The van der Waals surface area contributed by atoms with Crippen molar-refractivity contribution >= 4 is 11.6 Å². The smallest absolute Gasteiger partial charge is 0.254 e. The minimum atomic E-state index is -1.16. The molecule has 1 atom stereocenters. The highest BCUT2D eigenvalue weighted by Crippen LogP contribution is 2.40. The average Bonchev–Trinajstić information content (AvgIpc) is 2.50. The molecule has 0 saturated heterocycles. The van der Waals surface area contributed by atoms with Crippen molar-refractivity contribution in [3.8, 4) is 5.75 Å². The zero-order chi connectivity index (χ0) is 17.5. The second-order valence-corrected chi connectivity index (χ2v) is 6.49. The van der Waals surface area contributed by atoms with Crippen LogP contribution in [0.4, 0.5) is 14.5 Å². The maximum absolute atomic E-state index is 13.8. The quantitative estimate of drug-likeness (QED) is 0.826. The van der Waals surface area contributed by atoms with Gasteiger partial charge in [0.15, 0.2) is 11.6 Å². The van der Waals surface area contributed by atoms with E-state index < -0.39 is 29.2 Å². The van der Waals surface area contributed by atoms with E-state index in [1.54, 1.807) is 18.2 Å². The lowest BCUT2D eigenvalue weighted by molar-refractivity contribution is 0.0618. The number of fused-ring (bicyclic) bond motifs is 1. The fourth-order valence-electron chi connectivity index (χ4n) is 2.92. The molecular weight excluding hydrogens is 314 g/mol. The Morgan fingerprint density at radius 1 is 1.29 bits per heavy atom. The van der Waals surface area contributed by atoms with Crippen LogP contribution in [0.25, 0.3) is 0 Å². The van der Waals surface area contributed by atoms with Crippen LogP contribution in [0, 0.1) is 11.6 Å². The number of nitrogens with two attached hydrogens (primary N) is 1. The van der Waals surface area contributed by atoms with Gasteiger partial charge in [-0.25, -0.2) is 8.78 Å². The Hall–Kier alpha value is -2.63. The van der Waals surface area contributed by atoms with Crippen LogP contribution in [-0.2, 0) is 0 Å². The lowest BCUT2D eigenvalue weighted by atomic mass is 9.89. The molecule has 1 amide bonds. The molecule has 0 bridgehead atoms. The second-order valence-electron chi connectivity index (χ2n) is 6.49. The van der Waals surface area contributed by atoms with E-state index in [1.165, 1.54) is 12.1 Å². The van der Waals surface area contributed by atoms with Crippen LogP contribution in [0.2, 0.25) is 0 Å². The van der Waals surface area contributed by atoms with Crippen LogP contribution in [0.1, 0.15) is 42.2 Å². The van der Waals surface area contributed by atoms with Crippen molar-refractivity contribution in [3.63, 3.8) is 0 Å². The van der Waals surface area contributed by atoms with Gasteiger partial charge in [0.1, 0.15) is 11.4 Å². The second kappa shape index (κ2) is 5.78. The summed E-state index contributed by atoms with van der Waals surface area (Å²) in [5.74, 6) is -2.28. The summed E-state index contributed by atoms with van der Waals surface area (Å²) in [4.78, 5) is 12.4. The largest absolute Gasteiger partial charge is 0.487 e. The van der Waals surface area contributed by atoms with Gasteiger partial charge in [0.2, 0.25) is 0 Å². The van der Waals surface area contributed by atoms with E-state index >= 15 is 0 Å². The van der Waals surface area contributed by atoms with Crippen molar-refractivity contribution in [3.05, 3.63) is 59.2 Å². The normalized spacial score (nSPS) is 18.4. The van der Waals surface area contributed by atoms with Crippen molar-refractivity contribution in [1.82, 2.24) is 5.32 Å². The van der Waals surface area contributed by atoms with E-state index in [4.69, 9.17) is 10.5 Å². The van der Waals surface area contributed by atoms with Crippen molar-refractivity contribution in [1.29, 1.82) is 0 Å². The maximum atomic E-state index is 13.8. The topological polar surface area (TPSA) is 64.4 Å². The van der Waals surface area contributed by atoms with Crippen LogP contribution in [-0.4, -0.2) is 11.5 Å². The number of benzene rings is 2. The molecule has 0 aromatic heterocycles. The number of carbonyl (C=O) groups is 1. The van der Waals surface area contributed by atoms with Crippen LogP contribution in [0.15, 0.2) is 36.4 Å². The lowest BCUT2D eigenvalue weighted by Gasteiger charge is -2.38. The Bertz CT molecular complexity index is 806. The van der Waals surface area contributed by atoms with Gasteiger partial charge in [0.25, 0.3) is 5.91 Å². The van der Waals surface area contributed by atoms with Crippen molar-refractivity contribution in [2.75, 3.05) is 5.73 Å². The van der Waals surface area contributed by atoms with Crippen LogP contribution < -0.4 is 15.8 Å². The van der Waals surface area contributed by atoms with Crippen LogP contribution >= 0.6 is 0 Å². The minimum absolute atomic E-state index is 0.329. The molecule has 0 saturated carbocycles. The Labute approximate surface area is 138 Å². The first-order valence-corrected chi connectivity index (χ1v) is 7.60. The average molecular weight is 332 g/mol. The number of anilines is 1. The number of hydrogen-bond donors (Lipinski definition) is 2. The molecule has 4 nitrogen and oxygen atoms in total. The highest BCUT2D eigenvalue weighted by Gasteiger charge is 2.35. The summed E-state index contributed by atoms with van der Waals surface area (Å²) in [5, 5.41) is 2.76. The van der Waals surface area contributed by atoms with E-state index in [2.05, 4.69) is 5.32 Å². The van der Waals surface area contributed by atoms with Gasteiger partial charge in [0, 0.05) is 17.7 Å². The van der Waals surface area contributed by atoms with Gasteiger partial charge in [-0.3, -0.25) is 4.79 Å². The Morgan fingerprint density at radius 2 is 2.04 bits per heavy atom. The summed E-state index contributed by atoms with van der Waals surface area (Å²) in [6.07, 6.45) is 0.478. The van der Waals surface area contributed by atoms with Gasteiger partial charge < -0.3 is 15.8 Å². The molecule has 3 N–H and O–H groups in total. The Balaban J connectivity index is 1.93. The van der Waals surface area contributed by atoms with Crippen molar-refractivity contribution in [2.45, 2.75) is 31.9 Å². The standard InChI is InChI=1S/C18H18F2N2O2/c1-18(2)9-14(12-8-10(21)6-7-15(12)24-18)22-17(23)11-4-3-5-13(19)16(11)20/h3-8,14H,9,21H2,1-2H3,(H,22,23). The van der Waals surface area contributed by atoms with E-state index in [0.717, 1.165) is 11.6 Å². The number of amides is 1. The van der Waals surface area contributed by atoms with E-state index in [0.29, 0.717) is 17.9 Å². The molecule has 2 aromatic rings. The summed E-state index contributed by atoms with van der Waals surface area (Å²) in [5.41, 5.74) is 6.24. The fourth-order valence-corrected chi connectivity index (χ4v) is 2.92. The molecule has 1 aliphatic rings. The van der Waals surface area contributed by atoms with Gasteiger partial charge >= 0.3 is 0 Å². The molecule has 0 fully saturated rings. The van der Waals surface area contributed by atoms with Gasteiger partial charge in [-0.2, -0.15) is 0 Å². The first-order valence-electron chi connectivity index (χ1n) is 7.60. The number of nitrogens with one attached hydrogen (secondary N) is 1. The number of carbonyl (C=O) groups excluding carboxylic acids is 1. The summed E-state index contributed by atoms with van der Waals surface area (Å²) in [6, 6.07) is 8.28. The lowest BCUT2D eigenvalue weighted by Crippen LogP contribution is -2.41. The van der Waals surface area contributed by atoms with Crippen LogP contribution in [0.3, 0.4) is 0 Å². The molecule has 2 aromatic carbocycles. The molecule has 1 heterocycles. The first-order chi connectivity index (χ1) is 11.3. The van der Waals surface area contributed by atoms with Crippen LogP contribution in [0.5, 0.6) is 5.75 Å². The Morgan fingerprint density at radius 3 is 2.79 bits per heavy atom. The van der Waals surface area contributed by atoms with Gasteiger partial charge in [-0.05, 0) is 44.2 Å². The zero-order valence-electron chi connectivity index (χ0n) is 13.4. The third kappa shape index (κ3) is 3.04. The van der Waals surface area contributed by atoms with E-state index in [1.807, 2.05) is 13.8 Å². The van der Waals surface area contributed by atoms with Gasteiger partial charge in [0.05, 0.1) is 11.6 Å². The molecule has 1 aliphatic heterocycles. The van der Waals surface area contributed by atoms with Gasteiger partial charge in [-0.15, -0.1) is 0 Å². The summed E-state index contributed by atoms with van der Waals surface area (Å²) in [7, 11) is 0. The van der Waals surface area contributed by atoms with E-state index in [-0.39, 0.29) is 5.56 Å². The number of rotatable bonds is 2. The van der Waals surface area contributed by atoms with E-state index in [9.17, 15) is 13.6 Å². The predicted octanol–water partition coefficient (Wildman–Crippen LogP) is 3.58. The highest BCUT2D eigenvalue weighted by molar-refractivity contribution is 5.94. The molecular formula is C18H18F2N2O2. The third-order valence-corrected chi connectivity index (χ3v) is 3.99.